The molecule has 0 saturated heterocycles. The molecule has 0 bridgehead atoms. The minimum atomic E-state index is -1.08. The summed E-state index contributed by atoms with van der Waals surface area (Å²) < 4.78 is 25.9. The van der Waals surface area contributed by atoms with Crippen LogP contribution in [0.15, 0.2) is 47.0 Å². The summed E-state index contributed by atoms with van der Waals surface area (Å²) in [6.45, 7) is 1.73. The molecule has 2 aromatic carbocycles. The van der Waals surface area contributed by atoms with Gasteiger partial charge in [-0.2, -0.15) is 4.98 Å². The molecule has 2 aliphatic rings. The second-order valence-electron chi connectivity index (χ2n) is 9.29. The first-order chi connectivity index (χ1) is 17.3. The third kappa shape index (κ3) is 5.00. The monoisotopic (exact) mass is 495 g/mol. The van der Waals surface area contributed by atoms with Gasteiger partial charge in [0.15, 0.2) is 11.9 Å². The topological polar surface area (TPSA) is 135 Å². The lowest BCUT2D eigenvalue weighted by Crippen LogP contribution is -2.43. The van der Waals surface area contributed by atoms with E-state index in [4.69, 9.17) is 9.26 Å². The van der Waals surface area contributed by atoms with E-state index in [1.165, 1.54) is 12.1 Å². The predicted molar refractivity (Wildman–Crippen MR) is 125 cm³/mol. The van der Waals surface area contributed by atoms with Gasteiger partial charge in [0.2, 0.25) is 5.82 Å². The van der Waals surface area contributed by atoms with Crippen molar-refractivity contribution in [1.82, 2.24) is 15.5 Å². The summed E-state index contributed by atoms with van der Waals surface area (Å²) in [6.07, 6.45) is 0.0772. The van der Waals surface area contributed by atoms with Crippen LogP contribution < -0.4 is 10.1 Å². The average molecular weight is 496 g/mol. The van der Waals surface area contributed by atoms with Crippen molar-refractivity contribution >= 4 is 11.7 Å². The average Bonchev–Trinajstić information content (AvgIpc) is 3.52. The van der Waals surface area contributed by atoms with Crippen molar-refractivity contribution in [2.45, 2.75) is 57.0 Å². The van der Waals surface area contributed by atoms with Crippen LogP contribution in [0.3, 0.4) is 0 Å². The number of ether oxygens (including phenoxy) is 1. The smallest absolute Gasteiger partial charge is 0.267 e. The summed E-state index contributed by atoms with van der Waals surface area (Å²) in [5.41, 5.74) is 0.774. The first kappa shape index (κ1) is 24.1. The Hall–Kier alpha value is -3.63. The lowest BCUT2D eigenvalue weighted by Gasteiger charge is -2.18. The molecular weight excluding hydrogens is 469 g/mol. The largest absolute Gasteiger partial charge is 0.481 e. The molecule has 1 heterocycles. The van der Waals surface area contributed by atoms with Crippen LogP contribution in [0.4, 0.5) is 4.39 Å². The number of benzene rings is 2. The number of aliphatic hydroxyl groups is 2. The number of nitrogens with zero attached hydrogens (tertiary/aromatic N) is 2. The third-order valence-corrected chi connectivity index (χ3v) is 6.56. The van der Waals surface area contributed by atoms with E-state index >= 15 is 0 Å². The van der Waals surface area contributed by atoms with Crippen molar-refractivity contribution in [3.63, 3.8) is 0 Å². The lowest BCUT2D eigenvalue weighted by atomic mass is 10.1. The molecule has 188 valence electrons. The zero-order chi connectivity index (χ0) is 25.4. The van der Waals surface area contributed by atoms with Gasteiger partial charge in [-0.3, -0.25) is 9.59 Å². The fourth-order valence-electron chi connectivity index (χ4n) is 4.25. The summed E-state index contributed by atoms with van der Waals surface area (Å²) in [5, 5.41) is 26.0. The predicted octanol–water partition coefficient (Wildman–Crippen LogP) is 3.22. The lowest BCUT2D eigenvalue weighted by molar-refractivity contribution is 0.0296. The fourth-order valence-corrected chi connectivity index (χ4v) is 4.25. The highest BCUT2D eigenvalue weighted by Gasteiger charge is 2.35. The van der Waals surface area contributed by atoms with Gasteiger partial charge in [-0.25, -0.2) is 4.39 Å². The van der Waals surface area contributed by atoms with Gasteiger partial charge < -0.3 is 24.8 Å². The molecule has 0 unspecified atom stereocenters. The van der Waals surface area contributed by atoms with Gasteiger partial charge in [-0.15, -0.1) is 0 Å². The van der Waals surface area contributed by atoms with E-state index in [2.05, 4.69) is 15.5 Å². The van der Waals surface area contributed by atoms with Gasteiger partial charge in [0.1, 0.15) is 17.7 Å². The van der Waals surface area contributed by atoms with Crippen molar-refractivity contribution < 1.29 is 33.5 Å². The van der Waals surface area contributed by atoms with Crippen LogP contribution in [0.5, 0.6) is 5.75 Å². The van der Waals surface area contributed by atoms with Crippen LogP contribution >= 0.6 is 0 Å². The number of carbonyl (C=O) groups is 2. The Morgan fingerprint density at radius 3 is 2.50 bits per heavy atom. The standard InChI is InChI=1S/C26H26FN3O6/c1-13(35-17-7-4-15(5-8-17)22(32)14-2-3-14)26-29-24(30-36-26)16-6-9-18(19(27)12-16)25(34)28-20-10-11-21(31)23(20)33/h4-9,12-14,20-21,23,31,33H,2-3,10-11H2,1H3,(H,28,34)/t13-,20-,21-,23+/m1/s1. The molecule has 2 fully saturated rings. The summed E-state index contributed by atoms with van der Waals surface area (Å²) in [4.78, 5) is 28.9. The SMILES string of the molecule is C[C@@H](Oc1ccc(C(=O)C2CC2)cc1)c1nc(-c2ccc(C(=O)N[C@@H]3CC[C@@H](O)[C@H]3O)c(F)c2)no1. The van der Waals surface area contributed by atoms with Crippen LogP contribution in [0.1, 0.15) is 65.3 Å². The number of halogens is 1. The molecule has 5 rings (SSSR count). The molecular formula is C26H26FN3O6. The second kappa shape index (κ2) is 9.79. The molecule has 3 aromatic rings. The molecule has 0 spiro atoms. The molecule has 10 heteroatoms. The highest BCUT2D eigenvalue weighted by atomic mass is 19.1. The van der Waals surface area contributed by atoms with Gasteiger partial charge in [0.25, 0.3) is 11.8 Å². The maximum absolute atomic E-state index is 14.7. The number of carbonyl (C=O) groups excluding carboxylic acids is 2. The third-order valence-electron chi connectivity index (χ3n) is 6.56. The Bertz CT molecular complexity index is 1270. The van der Waals surface area contributed by atoms with E-state index in [-0.39, 0.29) is 29.0 Å². The number of aliphatic hydroxyl groups excluding tert-OH is 2. The Morgan fingerprint density at radius 1 is 1.11 bits per heavy atom. The molecule has 9 nitrogen and oxygen atoms in total. The van der Waals surface area contributed by atoms with Crippen LogP contribution in [-0.2, 0) is 0 Å². The van der Waals surface area contributed by atoms with Crippen LogP contribution in [-0.4, -0.2) is 50.3 Å². The molecule has 0 aliphatic heterocycles. The molecule has 36 heavy (non-hydrogen) atoms. The highest BCUT2D eigenvalue weighted by Crippen LogP contribution is 2.33. The second-order valence-corrected chi connectivity index (χ2v) is 9.29. The first-order valence-electron chi connectivity index (χ1n) is 11.9. The van der Waals surface area contributed by atoms with E-state index in [9.17, 15) is 24.2 Å². The number of hydrogen-bond acceptors (Lipinski definition) is 8. The number of rotatable bonds is 8. The van der Waals surface area contributed by atoms with Crippen molar-refractivity contribution in [3.05, 3.63) is 65.3 Å². The van der Waals surface area contributed by atoms with E-state index in [1.807, 2.05) is 0 Å². The summed E-state index contributed by atoms with van der Waals surface area (Å²) in [6, 6.07) is 10.2. The minimum absolute atomic E-state index is 0.131. The molecule has 0 radical (unpaired) electrons. The number of aromatic nitrogens is 2. The molecule has 2 aliphatic carbocycles. The quantitative estimate of drug-likeness (QED) is 0.406. The van der Waals surface area contributed by atoms with E-state index in [0.717, 1.165) is 18.9 Å². The van der Waals surface area contributed by atoms with Gasteiger partial charge >= 0.3 is 0 Å². The van der Waals surface area contributed by atoms with Gasteiger partial charge in [0.05, 0.1) is 17.7 Å². The summed E-state index contributed by atoms with van der Waals surface area (Å²) in [5.74, 6) is -0.315. The summed E-state index contributed by atoms with van der Waals surface area (Å²) in [7, 11) is 0. The number of ketones is 1. The Kier molecular flexibility index (Phi) is 6.55. The van der Waals surface area contributed by atoms with Gasteiger partial charge in [-0.1, -0.05) is 11.2 Å². The van der Waals surface area contributed by atoms with Crippen molar-refractivity contribution in [2.75, 3.05) is 0 Å². The summed E-state index contributed by atoms with van der Waals surface area (Å²) >= 11 is 0. The van der Waals surface area contributed by atoms with E-state index < -0.39 is 36.1 Å². The minimum Gasteiger partial charge on any atom is -0.481 e. The van der Waals surface area contributed by atoms with Crippen LogP contribution in [0, 0.1) is 11.7 Å². The normalized spacial score (nSPS) is 22.3. The zero-order valence-electron chi connectivity index (χ0n) is 19.6. The Morgan fingerprint density at radius 2 is 1.86 bits per heavy atom. The zero-order valence-corrected chi connectivity index (χ0v) is 19.6. The maximum Gasteiger partial charge on any atom is 0.267 e. The first-order valence-corrected chi connectivity index (χ1v) is 11.9. The Balaban J connectivity index is 1.23. The molecule has 4 atom stereocenters. The number of Topliss-reactive ketones (excluding diaryl/α,β-unsaturated/α-hetero) is 1. The molecule has 1 amide bonds. The van der Waals surface area contributed by atoms with Gasteiger partial charge in [0, 0.05) is 17.0 Å². The van der Waals surface area contributed by atoms with Gasteiger partial charge in [-0.05, 0) is 69.0 Å². The highest BCUT2D eigenvalue weighted by molar-refractivity contribution is 5.99. The van der Waals surface area contributed by atoms with Crippen molar-refractivity contribution in [3.8, 4) is 17.1 Å². The fraction of sp³-hybridized carbons (Fsp3) is 0.385. The van der Waals surface area contributed by atoms with Crippen LogP contribution in [0.25, 0.3) is 11.4 Å². The van der Waals surface area contributed by atoms with E-state index in [1.54, 1.807) is 31.2 Å². The van der Waals surface area contributed by atoms with Crippen LogP contribution in [0.2, 0.25) is 0 Å². The van der Waals surface area contributed by atoms with Crippen molar-refractivity contribution in [2.24, 2.45) is 5.92 Å². The molecule has 3 N–H and O–H groups in total. The molecule has 2 saturated carbocycles. The molecule has 1 aromatic heterocycles. The Labute approximate surface area is 206 Å². The van der Waals surface area contributed by atoms with E-state index in [0.29, 0.717) is 29.7 Å². The number of amides is 1. The van der Waals surface area contributed by atoms with Crippen molar-refractivity contribution in [1.29, 1.82) is 0 Å². The number of nitrogens with one attached hydrogen (secondary N) is 1. The number of hydrogen-bond donors (Lipinski definition) is 3. The maximum atomic E-state index is 14.7.